The summed E-state index contributed by atoms with van der Waals surface area (Å²) < 4.78 is 11.0. The Morgan fingerprint density at radius 2 is 1.82 bits per heavy atom. The maximum absolute atomic E-state index is 13.5. The van der Waals surface area contributed by atoms with Crippen molar-refractivity contribution in [2.75, 3.05) is 42.2 Å². The van der Waals surface area contributed by atoms with E-state index < -0.39 is 17.7 Å². The number of amides is 2. The summed E-state index contributed by atoms with van der Waals surface area (Å²) in [7, 11) is 0. The minimum absolute atomic E-state index is 0.000702. The number of carboxylic acid groups (broad SMARTS) is 1. The second-order valence-corrected chi connectivity index (χ2v) is 11.2. The lowest BCUT2D eigenvalue weighted by atomic mass is 9.77. The van der Waals surface area contributed by atoms with Crippen LogP contribution in [0.3, 0.4) is 0 Å². The number of carbonyl (C=O) groups excluding carboxylic acids is 2. The molecule has 2 amide bonds. The SMILES string of the molecule is CC(C)(C)OC(=O)NCCNc1nc(N)c2c(n1)OCCN(c1ccc(C3CCC(CC(=O)O)CC3)cc1)C2=O. The molecule has 0 saturated heterocycles. The number of benzene rings is 1. The van der Waals surface area contributed by atoms with E-state index in [1.807, 2.05) is 24.3 Å². The fourth-order valence-corrected chi connectivity index (χ4v) is 5.08. The predicted molar refractivity (Wildman–Crippen MR) is 150 cm³/mol. The van der Waals surface area contributed by atoms with E-state index in [0.717, 1.165) is 31.4 Å². The molecule has 1 saturated carbocycles. The normalized spacial score (nSPS) is 19.2. The highest BCUT2D eigenvalue weighted by Gasteiger charge is 2.30. The minimum atomic E-state index is -0.730. The first kappa shape index (κ1) is 28.9. The largest absolute Gasteiger partial charge is 0.481 e. The molecular weight excluding hydrogens is 516 g/mol. The molecule has 12 nitrogen and oxygen atoms in total. The maximum atomic E-state index is 13.5. The summed E-state index contributed by atoms with van der Waals surface area (Å²) in [5, 5.41) is 14.7. The topological polar surface area (TPSA) is 169 Å². The zero-order valence-corrected chi connectivity index (χ0v) is 23.2. The lowest BCUT2D eigenvalue weighted by molar-refractivity contribution is -0.138. The molecule has 1 aromatic heterocycles. The Morgan fingerprint density at radius 1 is 1.12 bits per heavy atom. The van der Waals surface area contributed by atoms with Crippen molar-refractivity contribution in [3.05, 3.63) is 35.4 Å². The number of nitrogens with zero attached hydrogens (tertiary/aromatic N) is 3. The van der Waals surface area contributed by atoms with Gasteiger partial charge in [-0.1, -0.05) is 12.1 Å². The van der Waals surface area contributed by atoms with Crippen LogP contribution in [-0.4, -0.2) is 64.9 Å². The van der Waals surface area contributed by atoms with Crippen molar-refractivity contribution in [2.24, 2.45) is 5.92 Å². The van der Waals surface area contributed by atoms with E-state index in [2.05, 4.69) is 20.6 Å². The number of ether oxygens (including phenoxy) is 2. The van der Waals surface area contributed by atoms with Crippen LogP contribution in [0.25, 0.3) is 0 Å². The number of nitrogens with two attached hydrogens (primary N) is 1. The number of hydrogen-bond donors (Lipinski definition) is 4. The number of rotatable bonds is 8. The van der Waals surface area contributed by atoms with Gasteiger partial charge >= 0.3 is 12.1 Å². The number of fused-ring (bicyclic) bond motifs is 1. The highest BCUT2D eigenvalue weighted by Crippen LogP contribution is 2.38. The van der Waals surface area contributed by atoms with Gasteiger partial charge in [0.25, 0.3) is 5.91 Å². The fraction of sp³-hybridized carbons (Fsp3) is 0.536. The van der Waals surface area contributed by atoms with Crippen molar-refractivity contribution in [2.45, 2.75) is 64.4 Å². The number of alkyl carbamates (subject to hydrolysis) is 1. The van der Waals surface area contributed by atoms with Gasteiger partial charge in [0.05, 0.1) is 6.54 Å². The highest BCUT2D eigenvalue weighted by atomic mass is 16.6. The third kappa shape index (κ3) is 7.51. The summed E-state index contributed by atoms with van der Waals surface area (Å²) >= 11 is 0. The van der Waals surface area contributed by atoms with Crippen LogP contribution in [0, 0.1) is 5.92 Å². The van der Waals surface area contributed by atoms with E-state index >= 15 is 0 Å². The van der Waals surface area contributed by atoms with E-state index in [9.17, 15) is 14.4 Å². The van der Waals surface area contributed by atoms with E-state index in [-0.39, 0.29) is 54.6 Å². The maximum Gasteiger partial charge on any atom is 0.407 e. The minimum Gasteiger partial charge on any atom is -0.481 e. The molecule has 40 heavy (non-hydrogen) atoms. The second kappa shape index (κ2) is 12.4. The highest BCUT2D eigenvalue weighted by molar-refractivity contribution is 6.10. The summed E-state index contributed by atoms with van der Waals surface area (Å²) in [6.07, 6.45) is 3.45. The molecule has 2 aromatic rings. The third-order valence-corrected chi connectivity index (χ3v) is 6.98. The molecule has 2 heterocycles. The van der Waals surface area contributed by atoms with Crippen LogP contribution >= 0.6 is 0 Å². The average Bonchev–Trinajstić information content (AvgIpc) is 3.04. The molecule has 1 aromatic carbocycles. The molecule has 1 aliphatic carbocycles. The number of carboxylic acids is 1. The molecule has 0 bridgehead atoms. The first-order valence-electron chi connectivity index (χ1n) is 13.6. The van der Waals surface area contributed by atoms with Crippen LogP contribution in [0.2, 0.25) is 0 Å². The fourth-order valence-electron chi connectivity index (χ4n) is 5.08. The first-order valence-corrected chi connectivity index (χ1v) is 13.6. The Balaban J connectivity index is 1.37. The smallest absolute Gasteiger partial charge is 0.407 e. The summed E-state index contributed by atoms with van der Waals surface area (Å²) in [6, 6.07) is 7.92. The Hall–Kier alpha value is -4.09. The van der Waals surface area contributed by atoms with Crippen molar-refractivity contribution in [1.29, 1.82) is 0 Å². The Kier molecular flexibility index (Phi) is 8.96. The van der Waals surface area contributed by atoms with Crippen LogP contribution in [0.1, 0.15) is 74.7 Å². The van der Waals surface area contributed by atoms with E-state index in [4.69, 9.17) is 20.3 Å². The van der Waals surface area contributed by atoms with Gasteiger partial charge in [-0.15, -0.1) is 0 Å². The zero-order chi connectivity index (χ0) is 28.9. The zero-order valence-electron chi connectivity index (χ0n) is 23.2. The molecular formula is C28H38N6O6. The van der Waals surface area contributed by atoms with Crippen molar-refractivity contribution in [1.82, 2.24) is 15.3 Å². The summed E-state index contributed by atoms with van der Waals surface area (Å²) in [5.41, 5.74) is 7.61. The van der Waals surface area contributed by atoms with Gasteiger partial charge in [-0.25, -0.2) is 4.79 Å². The number of nitrogen functional groups attached to an aromatic ring is 1. The molecule has 216 valence electrons. The average molecular weight is 555 g/mol. The quantitative estimate of drug-likeness (QED) is 0.352. The van der Waals surface area contributed by atoms with Gasteiger partial charge < -0.3 is 35.8 Å². The lowest BCUT2D eigenvalue weighted by Gasteiger charge is -2.28. The summed E-state index contributed by atoms with van der Waals surface area (Å²) in [6.45, 7) is 6.48. The van der Waals surface area contributed by atoms with Gasteiger partial charge in [0.2, 0.25) is 11.8 Å². The Labute approximate surface area is 233 Å². The molecule has 5 N–H and O–H groups in total. The number of nitrogens with one attached hydrogen (secondary N) is 2. The molecule has 1 aliphatic heterocycles. The second-order valence-electron chi connectivity index (χ2n) is 11.2. The van der Waals surface area contributed by atoms with Crippen molar-refractivity contribution < 1.29 is 29.0 Å². The van der Waals surface area contributed by atoms with Gasteiger partial charge in [0.1, 0.15) is 23.6 Å². The first-order chi connectivity index (χ1) is 19.0. The molecule has 1 fully saturated rings. The van der Waals surface area contributed by atoms with Crippen molar-refractivity contribution in [3.8, 4) is 5.88 Å². The van der Waals surface area contributed by atoms with Crippen LogP contribution in [-0.2, 0) is 9.53 Å². The molecule has 0 unspecified atom stereocenters. The number of aliphatic carboxylic acids is 1. The van der Waals surface area contributed by atoms with Gasteiger partial charge in [-0.3, -0.25) is 9.59 Å². The van der Waals surface area contributed by atoms with Crippen LogP contribution in [0.5, 0.6) is 5.88 Å². The van der Waals surface area contributed by atoms with Crippen LogP contribution in [0.4, 0.5) is 22.2 Å². The van der Waals surface area contributed by atoms with E-state index in [0.29, 0.717) is 19.0 Å². The van der Waals surface area contributed by atoms with Crippen LogP contribution < -0.4 is 26.0 Å². The molecule has 4 rings (SSSR count). The summed E-state index contributed by atoms with van der Waals surface area (Å²) in [5.74, 6) is -0.142. The third-order valence-electron chi connectivity index (χ3n) is 6.98. The monoisotopic (exact) mass is 554 g/mol. The van der Waals surface area contributed by atoms with Gasteiger partial charge in [-0.05, 0) is 76.0 Å². The van der Waals surface area contributed by atoms with Crippen LogP contribution in [0.15, 0.2) is 24.3 Å². The van der Waals surface area contributed by atoms with Gasteiger partial charge in [-0.2, -0.15) is 9.97 Å². The van der Waals surface area contributed by atoms with Gasteiger partial charge in [0, 0.05) is 25.2 Å². The Morgan fingerprint density at radius 3 is 2.48 bits per heavy atom. The molecule has 0 spiro atoms. The summed E-state index contributed by atoms with van der Waals surface area (Å²) in [4.78, 5) is 46.5. The number of anilines is 3. The van der Waals surface area contributed by atoms with E-state index in [1.165, 1.54) is 5.56 Å². The number of aromatic nitrogens is 2. The Bertz CT molecular complexity index is 1220. The number of carbonyl (C=O) groups is 3. The van der Waals surface area contributed by atoms with E-state index in [1.54, 1.807) is 25.7 Å². The van der Waals surface area contributed by atoms with Crippen molar-refractivity contribution >= 4 is 35.4 Å². The molecule has 0 atom stereocenters. The molecule has 12 heteroatoms. The molecule has 0 radical (unpaired) electrons. The van der Waals surface area contributed by atoms with Crippen molar-refractivity contribution in [3.63, 3.8) is 0 Å². The van der Waals surface area contributed by atoms with Gasteiger partial charge in [0.15, 0.2) is 0 Å². The number of hydrogen-bond acceptors (Lipinski definition) is 9. The lowest BCUT2D eigenvalue weighted by Crippen LogP contribution is -2.35. The molecule has 2 aliphatic rings. The standard InChI is InChI=1S/C28H38N6O6/c1-28(2,3)40-27(38)31-13-12-30-26-32-23(29)22-24(33-26)39-15-14-34(25(22)37)20-10-8-19(9-11-20)18-6-4-17(5-7-18)16-21(35)36/h8-11,17-18H,4-7,12-16H2,1-3H3,(H,31,38)(H,35,36)(H3,29,30,32,33). The predicted octanol–water partition coefficient (Wildman–Crippen LogP) is 3.78.